The van der Waals surface area contributed by atoms with E-state index in [0.717, 1.165) is 32.5 Å². The SMILES string of the molecule is Cc1cc(CNC(C)C)ccc1N1CCC(C(C)O)CC1. The normalized spacial score (nSPS) is 18.3. The van der Waals surface area contributed by atoms with E-state index in [4.69, 9.17) is 0 Å². The molecule has 1 aromatic rings. The lowest BCUT2D eigenvalue weighted by Gasteiger charge is -2.35. The second-order valence-corrected chi connectivity index (χ2v) is 6.72. The summed E-state index contributed by atoms with van der Waals surface area (Å²) in [4.78, 5) is 2.47. The molecule has 0 aliphatic carbocycles. The summed E-state index contributed by atoms with van der Waals surface area (Å²) in [5, 5.41) is 13.2. The third-order valence-corrected chi connectivity index (χ3v) is 4.54. The van der Waals surface area contributed by atoms with Crippen molar-refractivity contribution < 1.29 is 5.11 Å². The number of hydrogen-bond acceptors (Lipinski definition) is 3. The summed E-state index contributed by atoms with van der Waals surface area (Å²) in [7, 11) is 0. The average molecular weight is 290 g/mol. The number of rotatable bonds is 5. The van der Waals surface area contributed by atoms with Crippen molar-refractivity contribution in [2.45, 2.75) is 59.2 Å². The zero-order chi connectivity index (χ0) is 15.4. The number of nitrogens with zero attached hydrogens (tertiary/aromatic N) is 1. The van der Waals surface area contributed by atoms with Crippen molar-refractivity contribution in [1.82, 2.24) is 5.32 Å². The Morgan fingerprint density at radius 2 is 1.90 bits per heavy atom. The van der Waals surface area contributed by atoms with Crippen LogP contribution in [0.5, 0.6) is 0 Å². The summed E-state index contributed by atoms with van der Waals surface area (Å²) >= 11 is 0. The fraction of sp³-hybridized carbons (Fsp3) is 0.667. The molecular formula is C18H30N2O. The van der Waals surface area contributed by atoms with Crippen LogP contribution in [-0.2, 0) is 6.54 Å². The molecule has 2 rings (SSSR count). The standard InChI is InChI=1S/C18H30N2O/c1-13(2)19-12-16-5-6-18(14(3)11-16)20-9-7-17(8-10-20)15(4)21/h5-6,11,13,15,17,19,21H,7-10,12H2,1-4H3. The van der Waals surface area contributed by atoms with Crippen LogP contribution in [0.25, 0.3) is 0 Å². The van der Waals surface area contributed by atoms with Gasteiger partial charge in [0.1, 0.15) is 0 Å². The van der Waals surface area contributed by atoms with Crippen LogP contribution in [0.4, 0.5) is 5.69 Å². The highest BCUT2D eigenvalue weighted by molar-refractivity contribution is 5.54. The zero-order valence-corrected chi connectivity index (χ0v) is 13.9. The number of anilines is 1. The summed E-state index contributed by atoms with van der Waals surface area (Å²) in [6.07, 6.45) is 2.01. The van der Waals surface area contributed by atoms with Gasteiger partial charge in [-0.3, -0.25) is 0 Å². The maximum absolute atomic E-state index is 9.70. The minimum atomic E-state index is -0.169. The molecule has 0 spiro atoms. The van der Waals surface area contributed by atoms with E-state index < -0.39 is 0 Å². The number of benzene rings is 1. The van der Waals surface area contributed by atoms with Gasteiger partial charge in [-0.2, -0.15) is 0 Å². The molecule has 1 aromatic carbocycles. The van der Waals surface area contributed by atoms with E-state index in [9.17, 15) is 5.11 Å². The molecule has 0 amide bonds. The summed E-state index contributed by atoms with van der Waals surface area (Å²) < 4.78 is 0. The van der Waals surface area contributed by atoms with Crippen LogP contribution in [0, 0.1) is 12.8 Å². The fourth-order valence-corrected chi connectivity index (χ4v) is 3.13. The summed E-state index contributed by atoms with van der Waals surface area (Å²) in [5.41, 5.74) is 4.06. The molecule has 2 N–H and O–H groups in total. The Kier molecular flexibility index (Phi) is 5.65. The topological polar surface area (TPSA) is 35.5 Å². The highest BCUT2D eigenvalue weighted by Crippen LogP contribution is 2.28. The molecule has 1 saturated heterocycles. The van der Waals surface area contributed by atoms with Gasteiger partial charge in [0.25, 0.3) is 0 Å². The Morgan fingerprint density at radius 1 is 1.24 bits per heavy atom. The van der Waals surface area contributed by atoms with Gasteiger partial charge in [0, 0.05) is 31.4 Å². The Morgan fingerprint density at radius 3 is 2.43 bits per heavy atom. The van der Waals surface area contributed by atoms with E-state index in [1.54, 1.807) is 0 Å². The highest BCUT2D eigenvalue weighted by Gasteiger charge is 2.23. The number of piperidine rings is 1. The van der Waals surface area contributed by atoms with Crippen molar-refractivity contribution >= 4 is 5.69 Å². The van der Waals surface area contributed by atoms with Gasteiger partial charge in [0.2, 0.25) is 0 Å². The molecule has 3 nitrogen and oxygen atoms in total. The van der Waals surface area contributed by atoms with Gasteiger partial charge in [-0.05, 0) is 49.8 Å². The van der Waals surface area contributed by atoms with Crippen molar-refractivity contribution in [1.29, 1.82) is 0 Å². The first-order valence-corrected chi connectivity index (χ1v) is 8.23. The summed E-state index contributed by atoms with van der Waals surface area (Å²) in [6.45, 7) is 11.5. The van der Waals surface area contributed by atoms with E-state index in [2.05, 4.69) is 49.2 Å². The number of hydrogen-bond donors (Lipinski definition) is 2. The van der Waals surface area contributed by atoms with Gasteiger partial charge < -0.3 is 15.3 Å². The van der Waals surface area contributed by atoms with E-state index in [1.807, 2.05) is 6.92 Å². The largest absolute Gasteiger partial charge is 0.393 e. The quantitative estimate of drug-likeness (QED) is 0.875. The minimum absolute atomic E-state index is 0.169. The van der Waals surface area contributed by atoms with Gasteiger partial charge >= 0.3 is 0 Å². The van der Waals surface area contributed by atoms with Crippen molar-refractivity contribution in [3.05, 3.63) is 29.3 Å². The number of aliphatic hydroxyl groups is 1. The number of nitrogens with one attached hydrogen (secondary N) is 1. The molecular weight excluding hydrogens is 260 g/mol. The van der Waals surface area contributed by atoms with E-state index in [-0.39, 0.29) is 6.10 Å². The first kappa shape index (κ1) is 16.3. The Labute approximate surface area is 129 Å². The molecule has 1 aliphatic heterocycles. The molecule has 0 saturated carbocycles. The zero-order valence-electron chi connectivity index (χ0n) is 13.9. The third-order valence-electron chi connectivity index (χ3n) is 4.54. The highest BCUT2D eigenvalue weighted by atomic mass is 16.3. The van der Waals surface area contributed by atoms with Crippen LogP contribution in [0.15, 0.2) is 18.2 Å². The predicted molar refractivity (Wildman–Crippen MR) is 89.8 cm³/mol. The Balaban J connectivity index is 1.98. The second-order valence-electron chi connectivity index (χ2n) is 6.72. The maximum atomic E-state index is 9.70. The minimum Gasteiger partial charge on any atom is -0.393 e. The predicted octanol–water partition coefficient (Wildman–Crippen LogP) is 3.09. The Bertz CT molecular complexity index is 449. The molecule has 0 bridgehead atoms. The van der Waals surface area contributed by atoms with E-state index in [1.165, 1.54) is 16.8 Å². The summed E-state index contributed by atoms with van der Waals surface area (Å²) in [6, 6.07) is 7.31. The molecule has 0 radical (unpaired) electrons. The Hall–Kier alpha value is -1.06. The molecule has 1 unspecified atom stereocenters. The van der Waals surface area contributed by atoms with Crippen molar-refractivity contribution in [2.75, 3.05) is 18.0 Å². The molecule has 0 aromatic heterocycles. The molecule has 21 heavy (non-hydrogen) atoms. The van der Waals surface area contributed by atoms with Gasteiger partial charge in [0.05, 0.1) is 6.10 Å². The smallest absolute Gasteiger partial charge is 0.0541 e. The number of aliphatic hydroxyl groups excluding tert-OH is 1. The van der Waals surface area contributed by atoms with Crippen LogP contribution in [0.1, 0.15) is 44.7 Å². The van der Waals surface area contributed by atoms with Gasteiger partial charge in [0.15, 0.2) is 0 Å². The lowest BCUT2D eigenvalue weighted by molar-refractivity contribution is 0.110. The van der Waals surface area contributed by atoms with Gasteiger partial charge in [-0.25, -0.2) is 0 Å². The molecule has 1 atom stereocenters. The van der Waals surface area contributed by atoms with Crippen LogP contribution in [-0.4, -0.2) is 30.3 Å². The van der Waals surface area contributed by atoms with Gasteiger partial charge in [-0.15, -0.1) is 0 Å². The first-order chi connectivity index (χ1) is 9.97. The number of aryl methyl sites for hydroxylation is 1. The van der Waals surface area contributed by atoms with E-state index >= 15 is 0 Å². The van der Waals surface area contributed by atoms with Crippen molar-refractivity contribution in [3.63, 3.8) is 0 Å². The van der Waals surface area contributed by atoms with Crippen molar-refractivity contribution in [3.8, 4) is 0 Å². The van der Waals surface area contributed by atoms with Crippen molar-refractivity contribution in [2.24, 2.45) is 5.92 Å². The second kappa shape index (κ2) is 7.28. The molecule has 3 heteroatoms. The van der Waals surface area contributed by atoms with Gasteiger partial charge in [-0.1, -0.05) is 26.0 Å². The fourth-order valence-electron chi connectivity index (χ4n) is 3.13. The first-order valence-electron chi connectivity index (χ1n) is 8.23. The molecule has 1 heterocycles. The monoisotopic (exact) mass is 290 g/mol. The lowest BCUT2D eigenvalue weighted by atomic mass is 9.91. The van der Waals surface area contributed by atoms with Crippen LogP contribution >= 0.6 is 0 Å². The summed E-state index contributed by atoms with van der Waals surface area (Å²) in [5.74, 6) is 0.469. The van der Waals surface area contributed by atoms with Crippen LogP contribution in [0.3, 0.4) is 0 Å². The molecule has 1 fully saturated rings. The lowest BCUT2D eigenvalue weighted by Crippen LogP contribution is -2.37. The molecule has 1 aliphatic rings. The van der Waals surface area contributed by atoms with E-state index in [0.29, 0.717) is 12.0 Å². The third kappa shape index (κ3) is 4.45. The average Bonchev–Trinajstić information content (AvgIpc) is 2.45. The molecule has 118 valence electrons. The maximum Gasteiger partial charge on any atom is 0.0541 e. The van der Waals surface area contributed by atoms with Crippen LogP contribution in [0.2, 0.25) is 0 Å². The van der Waals surface area contributed by atoms with Crippen LogP contribution < -0.4 is 10.2 Å².